The van der Waals surface area contributed by atoms with E-state index >= 15 is 0 Å². The van der Waals surface area contributed by atoms with Crippen LogP contribution >= 0.6 is 0 Å². The molecule has 0 saturated heterocycles. The predicted octanol–water partition coefficient (Wildman–Crippen LogP) is 1.30. The van der Waals surface area contributed by atoms with Crippen LogP contribution in [0.25, 0.3) is 0 Å². The van der Waals surface area contributed by atoms with Gasteiger partial charge >= 0.3 is 5.97 Å². The van der Waals surface area contributed by atoms with Gasteiger partial charge < -0.3 is 9.53 Å². The second kappa shape index (κ2) is 5.11. The first-order valence-corrected chi connectivity index (χ1v) is 7.13. The molecule has 0 spiro atoms. The topological polar surface area (TPSA) is 46.5 Å². The van der Waals surface area contributed by atoms with E-state index in [1.54, 1.807) is 0 Å². The Labute approximate surface area is 74.2 Å². The van der Waals surface area contributed by atoms with Crippen molar-refractivity contribution in [1.29, 1.82) is 0 Å². The van der Waals surface area contributed by atoms with E-state index in [1.165, 1.54) is 0 Å². The number of carbonyl (C=O) groups excluding carboxylic acids is 1. The second-order valence-electron chi connectivity index (χ2n) is 3.29. The maximum atomic E-state index is 10.5. The molecule has 0 fully saturated rings. The van der Waals surface area contributed by atoms with E-state index in [1.807, 2.05) is 13.1 Å². The fraction of sp³-hybridized carbons (Fsp3) is 0.625. The highest BCUT2D eigenvalue weighted by molar-refractivity contribution is 6.69. The summed E-state index contributed by atoms with van der Waals surface area (Å²) in [6, 6.07) is 0.761. The number of ether oxygens (including phenoxy) is 1. The Balaban J connectivity index is 3.34. The van der Waals surface area contributed by atoms with Gasteiger partial charge in [0.1, 0.15) is 0 Å². The van der Waals surface area contributed by atoms with Crippen molar-refractivity contribution < 1.29 is 14.3 Å². The van der Waals surface area contributed by atoms with Crippen molar-refractivity contribution in [2.75, 3.05) is 6.61 Å². The third-order valence-electron chi connectivity index (χ3n) is 1.34. The number of hydrogen-bond donors (Lipinski definition) is 1. The molecule has 0 unspecified atom stereocenters. The lowest BCUT2D eigenvalue weighted by Crippen LogP contribution is -2.24. The van der Waals surface area contributed by atoms with Crippen LogP contribution in [0.4, 0.5) is 0 Å². The third kappa shape index (κ3) is 7.49. The average molecular weight is 188 g/mol. The van der Waals surface area contributed by atoms with Gasteiger partial charge in [-0.3, -0.25) is 0 Å². The highest BCUT2D eigenvalue weighted by Crippen LogP contribution is 2.07. The maximum Gasteiger partial charge on any atom is 0.330 e. The fourth-order valence-electron chi connectivity index (χ4n) is 0.736. The Morgan fingerprint density at radius 3 is 2.67 bits per heavy atom. The first kappa shape index (κ1) is 11.4. The Kier molecular flexibility index (Phi) is 4.85. The van der Waals surface area contributed by atoms with Crippen molar-refractivity contribution >= 4 is 14.3 Å². The smallest absolute Gasteiger partial charge is 0.330 e. The minimum Gasteiger partial charge on any atom is -0.463 e. The predicted molar refractivity (Wildman–Crippen MR) is 50.3 cm³/mol. The zero-order valence-electron chi connectivity index (χ0n) is 7.67. The van der Waals surface area contributed by atoms with E-state index in [0.717, 1.165) is 18.5 Å². The van der Waals surface area contributed by atoms with E-state index < -0.39 is 14.3 Å². The van der Waals surface area contributed by atoms with Gasteiger partial charge in [-0.25, -0.2) is 4.79 Å². The molecule has 0 bridgehead atoms. The van der Waals surface area contributed by atoms with E-state index in [4.69, 9.17) is 4.74 Å². The third-order valence-corrected chi connectivity index (χ3v) is 2.92. The summed E-state index contributed by atoms with van der Waals surface area (Å²) in [6.07, 6.45) is 1.87. The van der Waals surface area contributed by atoms with Crippen LogP contribution in [0.2, 0.25) is 19.1 Å². The van der Waals surface area contributed by atoms with Crippen molar-refractivity contribution in [2.45, 2.75) is 25.6 Å². The van der Waals surface area contributed by atoms with Crippen LogP contribution in [0.5, 0.6) is 0 Å². The quantitative estimate of drug-likeness (QED) is 0.306. The summed E-state index contributed by atoms with van der Waals surface area (Å²) in [5, 5.41) is 0. The van der Waals surface area contributed by atoms with Gasteiger partial charge in [0.2, 0.25) is 0 Å². The minimum atomic E-state index is -1.96. The molecule has 70 valence electrons. The highest BCUT2D eigenvalue weighted by atomic mass is 28.4. The van der Waals surface area contributed by atoms with Gasteiger partial charge in [-0.15, -0.1) is 0 Å². The van der Waals surface area contributed by atoms with Gasteiger partial charge in [-0.1, -0.05) is 6.58 Å². The van der Waals surface area contributed by atoms with Crippen molar-refractivity contribution in [3.8, 4) is 0 Å². The summed E-state index contributed by atoms with van der Waals surface area (Å²) < 4.78 is 4.74. The molecule has 4 heteroatoms. The van der Waals surface area contributed by atoms with Crippen LogP contribution in [0.1, 0.15) is 6.42 Å². The average Bonchev–Trinajstić information content (AvgIpc) is 1.96. The Morgan fingerprint density at radius 2 is 2.25 bits per heavy atom. The molecule has 0 amide bonds. The van der Waals surface area contributed by atoms with Gasteiger partial charge in [0.05, 0.1) is 6.61 Å². The van der Waals surface area contributed by atoms with E-state index in [0.29, 0.717) is 6.61 Å². The first-order chi connectivity index (χ1) is 5.45. The Bertz CT molecular complexity index is 160. The second-order valence-corrected chi connectivity index (χ2v) is 7.41. The van der Waals surface area contributed by atoms with E-state index in [9.17, 15) is 9.59 Å². The molecule has 12 heavy (non-hydrogen) atoms. The van der Waals surface area contributed by atoms with Gasteiger partial charge in [0, 0.05) is 6.08 Å². The summed E-state index contributed by atoms with van der Waals surface area (Å²) in [5.41, 5.74) is 0. The van der Waals surface area contributed by atoms with Gasteiger partial charge in [-0.2, -0.15) is 0 Å². The standard InChI is InChI=1S/C8H16O3Si/c1-4-8(9)11-6-5-7-12(2,3)10/h4,10H,1,5-7H2,2-3H3. The summed E-state index contributed by atoms with van der Waals surface area (Å²) in [4.78, 5) is 20.0. The van der Waals surface area contributed by atoms with Crippen molar-refractivity contribution in [1.82, 2.24) is 0 Å². The summed E-state index contributed by atoms with van der Waals surface area (Å²) >= 11 is 0. The van der Waals surface area contributed by atoms with Crippen LogP contribution < -0.4 is 0 Å². The van der Waals surface area contributed by atoms with Crippen molar-refractivity contribution in [2.24, 2.45) is 0 Å². The molecular formula is C8H16O3Si. The molecule has 0 atom stereocenters. The summed E-state index contributed by atoms with van der Waals surface area (Å²) in [7, 11) is -1.96. The summed E-state index contributed by atoms with van der Waals surface area (Å²) in [6.45, 7) is 7.38. The molecule has 0 rings (SSSR count). The van der Waals surface area contributed by atoms with Crippen LogP contribution in [-0.2, 0) is 9.53 Å². The zero-order valence-corrected chi connectivity index (χ0v) is 8.67. The molecule has 0 aromatic heterocycles. The molecule has 0 heterocycles. The number of hydrogen-bond acceptors (Lipinski definition) is 3. The van der Waals surface area contributed by atoms with Gasteiger partial charge in [0.25, 0.3) is 0 Å². The van der Waals surface area contributed by atoms with E-state index in [2.05, 4.69) is 6.58 Å². The Morgan fingerprint density at radius 1 is 1.67 bits per heavy atom. The molecule has 3 nitrogen and oxygen atoms in total. The zero-order chi connectivity index (χ0) is 9.61. The largest absolute Gasteiger partial charge is 0.463 e. The normalized spacial score (nSPS) is 10.9. The van der Waals surface area contributed by atoms with Gasteiger partial charge in [-0.05, 0) is 25.6 Å². The lowest BCUT2D eigenvalue weighted by molar-refractivity contribution is -0.137. The van der Waals surface area contributed by atoms with Crippen LogP contribution in [0.3, 0.4) is 0 Å². The SMILES string of the molecule is C=CC(=O)OCCC[Si](C)(C)O. The minimum absolute atomic E-state index is 0.377. The molecule has 1 N–H and O–H groups in total. The number of carbonyl (C=O) groups is 1. The van der Waals surface area contributed by atoms with E-state index in [-0.39, 0.29) is 0 Å². The van der Waals surface area contributed by atoms with Crippen molar-refractivity contribution in [3.05, 3.63) is 12.7 Å². The molecule has 0 radical (unpaired) electrons. The monoisotopic (exact) mass is 188 g/mol. The lowest BCUT2D eigenvalue weighted by atomic mass is 10.5. The number of esters is 1. The van der Waals surface area contributed by atoms with Crippen LogP contribution in [0, 0.1) is 0 Å². The molecule has 0 aromatic carbocycles. The molecule has 0 aliphatic heterocycles. The molecule has 0 aliphatic carbocycles. The Hall–Kier alpha value is -0.613. The number of rotatable bonds is 5. The fourth-order valence-corrected chi connectivity index (χ4v) is 1.75. The van der Waals surface area contributed by atoms with Crippen LogP contribution in [-0.4, -0.2) is 25.7 Å². The van der Waals surface area contributed by atoms with Crippen molar-refractivity contribution in [3.63, 3.8) is 0 Å². The highest BCUT2D eigenvalue weighted by Gasteiger charge is 2.15. The molecule has 0 aromatic rings. The van der Waals surface area contributed by atoms with Crippen LogP contribution in [0.15, 0.2) is 12.7 Å². The molecule has 0 aliphatic rings. The molecular weight excluding hydrogens is 172 g/mol. The molecule has 0 saturated carbocycles. The lowest BCUT2D eigenvalue weighted by Gasteiger charge is -2.12. The van der Waals surface area contributed by atoms with Gasteiger partial charge in [0.15, 0.2) is 8.32 Å². The maximum absolute atomic E-state index is 10.5. The summed E-state index contributed by atoms with van der Waals surface area (Å²) in [5.74, 6) is -0.396. The first-order valence-electron chi connectivity index (χ1n) is 3.97.